The van der Waals surface area contributed by atoms with Crippen molar-refractivity contribution in [2.75, 3.05) is 0 Å². The summed E-state index contributed by atoms with van der Waals surface area (Å²) in [5.41, 5.74) is 6.21. The van der Waals surface area contributed by atoms with Gasteiger partial charge in [0, 0.05) is 53.4 Å². The smallest absolute Gasteiger partial charge is 0.145 e. The molecular formula is C65H72N2O2. The van der Waals surface area contributed by atoms with Gasteiger partial charge in [0.25, 0.3) is 0 Å². The molecule has 6 atom stereocenters. The Bertz CT molecular complexity index is 3610. The third kappa shape index (κ3) is 8.59. The Kier molecular flexibility index (Phi) is 9.17. The SMILES string of the molecule is [2H]C([2H])([2H])c1cnc(-c2cc(Oc3cc(-c4cc(C5CCC(C)(C6CCC(C7([2H])CCC(C)(C)CC7)CC6C)CC5C)c(C)cn4)c4oc5c6ccccc6ccc5c4c3)c(C([2H])([2H])[2H])c(-c3ccccc3)c2)cc1C([2H])([2H])[2H]. The summed E-state index contributed by atoms with van der Waals surface area (Å²) in [5.74, 6) is 2.44. The summed E-state index contributed by atoms with van der Waals surface area (Å²) in [4.78, 5) is 9.63. The molecule has 0 bridgehead atoms. The number of pyridine rings is 2. The van der Waals surface area contributed by atoms with E-state index in [9.17, 15) is 1.37 Å². The first kappa shape index (κ1) is 35.4. The van der Waals surface area contributed by atoms with E-state index in [0.29, 0.717) is 79.9 Å². The van der Waals surface area contributed by atoms with Crippen LogP contribution in [0.5, 0.6) is 11.5 Å². The highest BCUT2D eigenvalue weighted by Crippen LogP contribution is 2.57. The summed E-state index contributed by atoms with van der Waals surface area (Å²) in [5, 5.41) is 3.57. The van der Waals surface area contributed by atoms with E-state index in [1.54, 1.807) is 24.3 Å². The van der Waals surface area contributed by atoms with Crippen LogP contribution >= 0.6 is 0 Å². The van der Waals surface area contributed by atoms with E-state index in [2.05, 4.69) is 64.7 Å². The molecule has 3 aliphatic rings. The van der Waals surface area contributed by atoms with Crippen molar-refractivity contribution < 1.29 is 22.9 Å². The predicted octanol–water partition coefficient (Wildman–Crippen LogP) is 18.7. The lowest BCUT2D eigenvalue weighted by atomic mass is 9.53. The highest BCUT2D eigenvalue weighted by atomic mass is 16.5. The largest absolute Gasteiger partial charge is 0.457 e. The van der Waals surface area contributed by atoms with E-state index in [-0.39, 0.29) is 39.4 Å². The molecule has 11 rings (SSSR count). The number of nitrogens with zero attached hydrogens (tertiary/aromatic N) is 2. The van der Waals surface area contributed by atoms with Gasteiger partial charge in [0.1, 0.15) is 22.7 Å². The van der Waals surface area contributed by atoms with Crippen LogP contribution < -0.4 is 4.74 Å². The zero-order chi connectivity index (χ0) is 56.2. The number of aryl methyl sites for hydroxylation is 3. The molecule has 4 nitrogen and oxygen atoms in total. The van der Waals surface area contributed by atoms with E-state index >= 15 is 0 Å². The molecule has 3 aromatic heterocycles. The van der Waals surface area contributed by atoms with Crippen LogP contribution in [0.2, 0.25) is 0 Å². The van der Waals surface area contributed by atoms with Gasteiger partial charge in [0.2, 0.25) is 0 Å². The van der Waals surface area contributed by atoms with Gasteiger partial charge >= 0.3 is 0 Å². The maximum Gasteiger partial charge on any atom is 0.145 e. The van der Waals surface area contributed by atoms with Crippen molar-refractivity contribution in [2.24, 2.45) is 40.4 Å². The van der Waals surface area contributed by atoms with Crippen LogP contribution in [0.1, 0.15) is 146 Å². The zero-order valence-corrected chi connectivity index (χ0v) is 41.1. The van der Waals surface area contributed by atoms with E-state index < -0.39 is 20.6 Å². The summed E-state index contributed by atoms with van der Waals surface area (Å²) in [6.07, 6.45) is 14.3. The molecule has 4 heteroatoms. The van der Waals surface area contributed by atoms with Crippen molar-refractivity contribution in [1.82, 2.24) is 9.97 Å². The third-order valence-electron chi connectivity index (χ3n) is 17.3. The second-order valence-electron chi connectivity index (χ2n) is 22.4. The van der Waals surface area contributed by atoms with E-state index in [1.807, 2.05) is 60.8 Å². The summed E-state index contributed by atoms with van der Waals surface area (Å²) >= 11 is 0. The number of ether oxygens (including phenoxy) is 1. The Balaban J connectivity index is 0.996. The molecule has 0 N–H and O–H groups in total. The van der Waals surface area contributed by atoms with Crippen molar-refractivity contribution in [3.63, 3.8) is 0 Å². The Morgan fingerprint density at radius 3 is 2.22 bits per heavy atom. The Hall–Kier alpha value is -5.74. The number of hydrogen-bond donors (Lipinski definition) is 0. The molecule has 3 aliphatic carbocycles. The Morgan fingerprint density at radius 1 is 0.652 bits per heavy atom. The first-order valence-electron chi connectivity index (χ1n) is 30.5. The first-order valence-corrected chi connectivity index (χ1v) is 25.5. The molecule has 0 amide bonds. The van der Waals surface area contributed by atoms with Crippen molar-refractivity contribution >= 4 is 32.7 Å². The maximum atomic E-state index is 9.64. The minimum absolute atomic E-state index is 0.00583. The molecule has 0 radical (unpaired) electrons. The van der Waals surface area contributed by atoms with Crippen molar-refractivity contribution in [2.45, 2.75) is 132 Å². The minimum atomic E-state index is -2.79. The molecule has 6 unspecified atom stereocenters. The molecule has 354 valence electrons. The van der Waals surface area contributed by atoms with Crippen LogP contribution in [0, 0.1) is 67.9 Å². The first-order chi connectivity index (χ1) is 37.2. The fourth-order valence-corrected chi connectivity index (χ4v) is 13.4. The summed E-state index contributed by atoms with van der Waals surface area (Å²) in [7, 11) is 0. The standard InChI is InChI=1S/C65H72N2O2/c1-39-30-59(66-37-42(39)4)49-31-55(46-15-11-10-12-16-46)44(6)61(32-49)68-50-33-56-53-21-19-47-17-13-14-18-52(47)62(53)69-63(56)57(34-50)60-35-54(43(5)38-67-60)51-25-28-65(9,36-41(51)3)58-22-20-48(29-40(58)2)45-23-26-64(7,8)27-24-45/h10-19,21,30-35,37-38,40-41,45,48,51,58H,20,22-29,36H2,1-9H3/i1D3,4D3,6D3,45D. The number of furan rings is 1. The molecule has 0 aliphatic heterocycles. The van der Waals surface area contributed by atoms with Gasteiger partial charge in [-0.05, 0) is 225 Å². The van der Waals surface area contributed by atoms with Gasteiger partial charge in [0.05, 0.1) is 11.4 Å². The second kappa shape index (κ2) is 17.9. The molecular weight excluding hydrogens is 841 g/mol. The molecule has 3 heterocycles. The number of benzene rings is 5. The van der Waals surface area contributed by atoms with Crippen molar-refractivity contribution in [3.8, 4) is 45.1 Å². The fraction of sp³-hybridized carbons (Fsp3) is 0.415. The molecule has 3 saturated carbocycles. The third-order valence-corrected chi connectivity index (χ3v) is 17.3. The van der Waals surface area contributed by atoms with Crippen molar-refractivity contribution in [3.05, 3.63) is 143 Å². The topological polar surface area (TPSA) is 48.2 Å². The van der Waals surface area contributed by atoms with Crippen LogP contribution in [0.4, 0.5) is 0 Å². The van der Waals surface area contributed by atoms with Gasteiger partial charge in [-0.3, -0.25) is 9.97 Å². The average molecular weight is 923 g/mol. The highest BCUT2D eigenvalue weighted by molar-refractivity contribution is 6.17. The molecule has 8 aromatic rings. The van der Waals surface area contributed by atoms with Crippen LogP contribution in [-0.2, 0) is 0 Å². The summed E-state index contributed by atoms with van der Waals surface area (Å²) in [6.45, 7) is 6.12. The molecule has 0 saturated heterocycles. The fourth-order valence-electron chi connectivity index (χ4n) is 13.4. The van der Waals surface area contributed by atoms with E-state index in [4.69, 9.17) is 26.5 Å². The molecule has 0 spiro atoms. The van der Waals surface area contributed by atoms with Crippen LogP contribution in [0.3, 0.4) is 0 Å². The Labute approximate surface area is 425 Å². The van der Waals surface area contributed by atoms with Gasteiger partial charge in [-0.15, -0.1) is 0 Å². The molecule has 69 heavy (non-hydrogen) atoms. The number of aromatic nitrogens is 2. The summed E-state index contributed by atoms with van der Waals surface area (Å²) < 4.78 is 99.9. The van der Waals surface area contributed by atoms with Crippen LogP contribution in [0.15, 0.2) is 120 Å². The number of hydrogen-bond acceptors (Lipinski definition) is 4. The van der Waals surface area contributed by atoms with Crippen LogP contribution in [-0.4, -0.2) is 9.97 Å². The number of rotatable bonds is 8. The van der Waals surface area contributed by atoms with Gasteiger partial charge in [-0.1, -0.05) is 95.3 Å². The zero-order valence-electron chi connectivity index (χ0n) is 51.1. The quantitative estimate of drug-likeness (QED) is 0.152. The maximum absolute atomic E-state index is 9.64. The summed E-state index contributed by atoms with van der Waals surface area (Å²) in [6, 6.07) is 31.7. The van der Waals surface area contributed by atoms with Gasteiger partial charge < -0.3 is 9.15 Å². The lowest BCUT2D eigenvalue weighted by molar-refractivity contribution is -0.00567. The monoisotopic (exact) mass is 923 g/mol. The Morgan fingerprint density at radius 2 is 1.43 bits per heavy atom. The van der Waals surface area contributed by atoms with Crippen molar-refractivity contribution in [1.29, 1.82) is 0 Å². The normalized spacial score (nSPS) is 27.4. The highest BCUT2D eigenvalue weighted by Gasteiger charge is 2.46. The van der Waals surface area contributed by atoms with E-state index in [1.165, 1.54) is 18.1 Å². The minimum Gasteiger partial charge on any atom is -0.457 e. The lowest BCUT2D eigenvalue weighted by Crippen LogP contribution is -2.42. The molecule has 5 aromatic carbocycles. The van der Waals surface area contributed by atoms with Gasteiger partial charge in [-0.25, -0.2) is 0 Å². The number of fused-ring (bicyclic) bond motifs is 5. The van der Waals surface area contributed by atoms with Gasteiger partial charge in [-0.2, -0.15) is 0 Å². The molecule has 3 fully saturated rings. The lowest BCUT2D eigenvalue weighted by Gasteiger charge is -2.52. The van der Waals surface area contributed by atoms with Gasteiger partial charge in [0.15, 0.2) is 0 Å². The predicted molar refractivity (Wildman–Crippen MR) is 288 cm³/mol. The van der Waals surface area contributed by atoms with Crippen LogP contribution in [0.25, 0.3) is 66.4 Å². The second-order valence-corrected chi connectivity index (χ2v) is 22.4. The van der Waals surface area contributed by atoms with E-state index in [0.717, 1.165) is 91.1 Å². The average Bonchev–Trinajstić information content (AvgIpc) is 3.99.